The first-order valence-electron chi connectivity index (χ1n) is 5.32. The molecule has 0 aromatic carbocycles. The van der Waals surface area contributed by atoms with Crippen LogP contribution in [0.25, 0.3) is 0 Å². The number of carboxylic acids is 1. The number of nitrogens with two attached hydrogens (primary N) is 1. The highest BCUT2D eigenvalue weighted by molar-refractivity contribution is 7.53. The second-order valence-corrected chi connectivity index (χ2v) is 8.15. The van der Waals surface area contributed by atoms with E-state index in [9.17, 15) is 19.1 Å². The molecule has 1 atom stereocenters. The third kappa shape index (κ3) is 5.17. The minimum absolute atomic E-state index is 0.172. The van der Waals surface area contributed by atoms with Crippen LogP contribution in [0, 0.1) is 5.41 Å². The Labute approximate surface area is 101 Å². The number of rotatable bonds is 6. The second-order valence-electron chi connectivity index (χ2n) is 5.85. The van der Waals surface area contributed by atoms with Crippen molar-refractivity contribution >= 4 is 13.6 Å². The maximum Gasteiger partial charge on any atom is 0.331 e. The van der Waals surface area contributed by atoms with Crippen molar-refractivity contribution in [3.05, 3.63) is 0 Å². The summed E-state index contributed by atoms with van der Waals surface area (Å²) in [5.41, 5.74) is 4.88. The average molecular weight is 267 g/mol. The molecular formula is C10H22NO5P. The van der Waals surface area contributed by atoms with Crippen LogP contribution in [-0.2, 0) is 9.36 Å². The highest BCUT2D eigenvalue weighted by atomic mass is 31.2. The molecule has 102 valence electrons. The molecule has 7 heteroatoms. The largest absolute Gasteiger partial charge is 0.480 e. The number of aliphatic carboxylic acids is 1. The fourth-order valence-corrected chi connectivity index (χ4v) is 2.66. The van der Waals surface area contributed by atoms with Gasteiger partial charge in [0, 0.05) is 0 Å². The van der Waals surface area contributed by atoms with E-state index in [0.29, 0.717) is 0 Å². The Morgan fingerprint density at radius 3 is 2.00 bits per heavy atom. The molecule has 0 aliphatic heterocycles. The quantitative estimate of drug-likeness (QED) is 0.536. The summed E-state index contributed by atoms with van der Waals surface area (Å²) in [6.45, 7) is 6.46. The monoisotopic (exact) mass is 267 g/mol. The van der Waals surface area contributed by atoms with Crippen LogP contribution in [0.4, 0.5) is 0 Å². The summed E-state index contributed by atoms with van der Waals surface area (Å²) in [7, 11) is -4.22. The molecule has 0 aliphatic carbocycles. The van der Waals surface area contributed by atoms with E-state index in [0.717, 1.165) is 0 Å². The van der Waals surface area contributed by atoms with Gasteiger partial charge in [0.25, 0.3) is 0 Å². The molecule has 0 radical (unpaired) electrons. The zero-order valence-electron chi connectivity index (χ0n) is 10.7. The average Bonchev–Trinajstić information content (AvgIpc) is 1.97. The van der Waals surface area contributed by atoms with E-state index in [1.165, 1.54) is 13.8 Å². The van der Waals surface area contributed by atoms with Gasteiger partial charge in [-0.1, -0.05) is 13.8 Å². The molecule has 0 heterocycles. The van der Waals surface area contributed by atoms with Gasteiger partial charge in [-0.15, -0.1) is 0 Å². The number of carboxylic acid groups (broad SMARTS) is 1. The van der Waals surface area contributed by atoms with Crippen molar-refractivity contribution in [1.82, 2.24) is 0 Å². The molecule has 17 heavy (non-hydrogen) atoms. The maximum atomic E-state index is 11.3. The summed E-state index contributed by atoms with van der Waals surface area (Å²) < 4.78 is 11.3. The summed E-state index contributed by atoms with van der Waals surface area (Å²) in [6.07, 6.45) is 0.372. The highest BCUT2D eigenvalue weighted by Gasteiger charge is 2.42. The van der Waals surface area contributed by atoms with Gasteiger partial charge in [-0.25, -0.2) is 0 Å². The lowest BCUT2D eigenvalue weighted by molar-refractivity contribution is -0.139. The SMILES string of the molecule is CC(C)(C[C@@H](N)C(=O)O)CC(C)(C)P(=O)(O)O. The van der Waals surface area contributed by atoms with Crippen LogP contribution in [0.15, 0.2) is 0 Å². The summed E-state index contributed by atoms with van der Waals surface area (Å²) >= 11 is 0. The van der Waals surface area contributed by atoms with Crippen LogP contribution in [0.5, 0.6) is 0 Å². The first kappa shape index (κ1) is 16.6. The fraction of sp³-hybridized carbons (Fsp3) is 0.900. The topological polar surface area (TPSA) is 121 Å². The zero-order valence-corrected chi connectivity index (χ0v) is 11.6. The van der Waals surface area contributed by atoms with Crippen LogP contribution in [0.2, 0.25) is 0 Å². The molecule has 0 saturated carbocycles. The van der Waals surface area contributed by atoms with Crippen molar-refractivity contribution in [2.75, 3.05) is 0 Å². The molecule has 0 aromatic heterocycles. The molecule has 0 spiro atoms. The predicted molar refractivity (Wildman–Crippen MR) is 64.7 cm³/mol. The van der Waals surface area contributed by atoms with Crippen LogP contribution in [-0.4, -0.2) is 32.1 Å². The van der Waals surface area contributed by atoms with E-state index in [1.54, 1.807) is 13.8 Å². The van der Waals surface area contributed by atoms with E-state index in [-0.39, 0.29) is 12.8 Å². The third-order valence-corrected chi connectivity index (χ3v) is 4.52. The lowest BCUT2D eigenvalue weighted by Gasteiger charge is -2.36. The Balaban J connectivity index is 4.77. The Hall–Kier alpha value is -0.420. The molecule has 0 bridgehead atoms. The Kier molecular flexibility index (Phi) is 4.94. The number of hydrogen-bond acceptors (Lipinski definition) is 3. The van der Waals surface area contributed by atoms with Crippen molar-refractivity contribution in [3.8, 4) is 0 Å². The van der Waals surface area contributed by atoms with Crippen molar-refractivity contribution in [3.63, 3.8) is 0 Å². The van der Waals surface area contributed by atoms with Gasteiger partial charge in [0.05, 0.1) is 5.16 Å². The minimum atomic E-state index is -4.22. The predicted octanol–water partition coefficient (Wildman–Crippen LogP) is 1.16. The van der Waals surface area contributed by atoms with E-state index in [4.69, 9.17) is 10.8 Å². The van der Waals surface area contributed by atoms with Gasteiger partial charge in [0.1, 0.15) is 6.04 Å². The molecule has 0 aromatic rings. The zero-order chi connectivity index (χ0) is 14.1. The first-order valence-corrected chi connectivity index (χ1v) is 6.94. The van der Waals surface area contributed by atoms with Crippen molar-refractivity contribution in [1.29, 1.82) is 0 Å². The smallest absolute Gasteiger partial charge is 0.331 e. The molecule has 6 nitrogen and oxygen atoms in total. The van der Waals surface area contributed by atoms with Crippen molar-refractivity contribution in [2.45, 2.75) is 51.7 Å². The molecule has 0 unspecified atom stereocenters. The minimum Gasteiger partial charge on any atom is -0.480 e. The third-order valence-electron chi connectivity index (χ3n) is 2.79. The summed E-state index contributed by atoms with van der Waals surface area (Å²) in [4.78, 5) is 29.1. The van der Waals surface area contributed by atoms with Gasteiger partial charge in [-0.3, -0.25) is 9.36 Å². The lowest BCUT2D eigenvalue weighted by Crippen LogP contribution is -2.38. The number of hydrogen-bond donors (Lipinski definition) is 4. The van der Waals surface area contributed by atoms with Crippen LogP contribution < -0.4 is 5.73 Å². The molecule has 0 fully saturated rings. The maximum absolute atomic E-state index is 11.3. The molecule has 5 N–H and O–H groups in total. The van der Waals surface area contributed by atoms with Crippen molar-refractivity contribution < 1.29 is 24.3 Å². The van der Waals surface area contributed by atoms with Gasteiger partial charge in [-0.05, 0) is 32.1 Å². The van der Waals surface area contributed by atoms with Gasteiger partial charge in [0.15, 0.2) is 0 Å². The second kappa shape index (κ2) is 5.06. The normalized spacial score (nSPS) is 15.7. The summed E-state index contributed by atoms with van der Waals surface area (Å²) in [5.74, 6) is -1.10. The molecule has 0 amide bonds. The Morgan fingerprint density at radius 2 is 1.71 bits per heavy atom. The van der Waals surface area contributed by atoms with E-state index in [2.05, 4.69) is 0 Å². The Morgan fingerprint density at radius 1 is 1.29 bits per heavy atom. The molecular weight excluding hydrogens is 245 g/mol. The number of carbonyl (C=O) groups is 1. The molecule has 0 rings (SSSR count). The fourth-order valence-electron chi connectivity index (χ4n) is 2.03. The lowest BCUT2D eigenvalue weighted by atomic mass is 9.78. The van der Waals surface area contributed by atoms with Gasteiger partial charge in [-0.2, -0.15) is 0 Å². The van der Waals surface area contributed by atoms with E-state index < -0.39 is 30.2 Å². The van der Waals surface area contributed by atoms with Gasteiger partial charge >= 0.3 is 13.6 Å². The highest BCUT2D eigenvalue weighted by Crippen LogP contribution is 2.55. The van der Waals surface area contributed by atoms with Crippen LogP contribution in [0.3, 0.4) is 0 Å². The van der Waals surface area contributed by atoms with Gasteiger partial charge in [0.2, 0.25) is 0 Å². The summed E-state index contributed by atoms with van der Waals surface area (Å²) in [6, 6.07) is -1.02. The van der Waals surface area contributed by atoms with Crippen LogP contribution in [0.1, 0.15) is 40.5 Å². The summed E-state index contributed by atoms with van der Waals surface area (Å²) in [5, 5.41) is 7.54. The Bertz CT molecular complexity index is 334. The standard InChI is InChI=1S/C10H22NO5P/c1-9(2,5-7(11)8(12)13)6-10(3,4)17(14,15)16/h7H,5-6,11H2,1-4H3,(H,12,13)(H2,14,15,16)/t7-/m1/s1. The van der Waals surface area contributed by atoms with E-state index >= 15 is 0 Å². The van der Waals surface area contributed by atoms with E-state index in [1.807, 2.05) is 0 Å². The van der Waals surface area contributed by atoms with Crippen molar-refractivity contribution in [2.24, 2.45) is 11.1 Å². The first-order chi connectivity index (χ1) is 7.28. The van der Waals surface area contributed by atoms with Crippen LogP contribution >= 0.6 is 7.60 Å². The van der Waals surface area contributed by atoms with Gasteiger partial charge < -0.3 is 20.6 Å². The molecule has 0 aliphatic rings. The molecule has 0 saturated heterocycles.